The van der Waals surface area contributed by atoms with Gasteiger partial charge < -0.3 is 15.4 Å². The number of aliphatic imine (C=N–C) groups is 1. The predicted octanol–water partition coefficient (Wildman–Crippen LogP) is 4.18. The fourth-order valence-electron chi connectivity index (χ4n) is 2.59. The third-order valence-electron chi connectivity index (χ3n) is 3.83. The standard InChI is InChI=1S/C16H25F3N4OS.HI/c1-2-20-15(21-8-5-9-24-12-6-3-4-7-12)22-10-14-23-13(11-25-14)16(17,18)19;/h11-12H,2-10H2,1H3,(H2,20,21,22);1H. The fraction of sp³-hybridized carbons (Fsp3) is 0.750. The van der Waals surface area contributed by atoms with Gasteiger partial charge in [-0.1, -0.05) is 12.8 Å². The molecule has 0 spiro atoms. The zero-order chi connectivity index (χ0) is 18.1. The van der Waals surface area contributed by atoms with Crippen LogP contribution in [0.15, 0.2) is 10.4 Å². The van der Waals surface area contributed by atoms with E-state index >= 15 is 0 Å². The maximum Gasteiger partial charge on any atom is 0.434 e. The summed E-state index contributed by atoms with van der Waals surface area (Å²) in [5.41, 5.74) is -0.857. The van der Waals surface area contributed by atoms with Gasteiger partial charge in [0, 0.05) is 25.1 Å². The molecular weight excluding hydrogens is 480 g/mol. The van der Waals surface area contributed by atoms with Crippen molar-refractivity contribution in [1.29, 1.82) is 0 Å². The molecule has 0 unspecified atom stereocenters. The molecule has 0 atom stereocenters. The zero-order valence-electron chi connectivity index (χ0n) is 14.8. The molecule has 0 aliphatic heterocycles. The van der Waals surface area contributed by atoms with Gasteiger partial charge in [0.2, 0.25) is 0 Å². The van der Waals surface area contributed by atoms with Gasteiger partial charge in [0.25, 0.3) is 0 Å². The molecular formula is C16H26F3IN4OS. The quantitative estimate of drug-likeness (QED) is 0.241. The zero-order valence-corrected chi connectivity index (χ0v) is 17.9. The summed E-state index contributed by atoms with van der Waals surface area (Å²) in [5, 5.41) is 7.60. The van der Waals surface area contributed by atoms with Gasteiger partial charge in [0.15, 0.2) is 11.7 Å². The largest absolute Gasteiger partial charge is 0.434 e. The Balaban J connectivity index is 0.00000338. The Bertz CT molecular complexity index is 548. The molecule has 1 aromatic rings. The summed E-state index contributed by atoms with van der Waals surface area (Å²) < 4.78 is 43.4. The average Bonchev–Trinajstić information content (AvgIpc) is 3.23. The van der Waals surface area contributed by atoms with E-state index in [2.05, 4.69) is 20.6 Å². The van der Waals surface area contributed by atoms with Crippen molar-refractivity contribution >= 4 is 41.3 Å². The Morgan fingerprint density at radius 3 is 2.69 bits per heavy atom. The van der Waals surface area contributed by atoms with Crippen molar-refractivity contribution in [2.24, 2.45) is 4.99 Å². The first-order valence-electron chi connectivity index (χ1n) is 8.64. The van der Waals surface area contributed by atoms with E-state index in [1.54, 1.807) is 0 Å². The normalized spacial score (nSPS) is 15.8. The molecule has 5 nitrogen and oxygen atoms in total. The molecule has 0 amide bonds. The first-order valence-corrected chi connectivity index (χ1v) is 9.52. The maximum absolute atomic E-state index is 12.5. The van der Waals surface area contributed by atoms with E-state index in [9.17, 15) is 13.2 Å². The second-order valence-electron chi connectivity index (χ2n) is 5.88. The van der Waals surface area contributed by atoms with Crippen LogP contribution in [0.4, 0.5) is 13.2 Å². The van der Waals surface area contributed by atoms with Crippen molar-refractivity contribution in [1.82, 2.24) is 15.6 Å². The van der Waals surface area contributed by atoms with Gasteiger partial charge in [-0.2, -0.15) is 13.2 Å². The maximum atomic E-state index is 12.5. The molecule has 0 saturated heterocycles. The molecule has 1 aliphatic rings. The minimum Gasteiger partial charge on any atom is -0.378 e. The van der Waals surface area contributed by atoms with Gasteiger partial charge >= 0.3 is 6.18 Å². The minimum absolute atomic E-state index is 0. The Labute approximate surface area is 173 Å². The van der Waals surface area contributed by atoms with Crippen LogP contribution in [-0.2, 0) is 17.5 Å². The lowest BCUT2D eigenvalue weighted by Gasteiger charge is -2.13. The van der Waals surface area contributed by atoms with Crippen molar-refractivity contribution in [2.75, 3.05) is 19.7 Å². The topological polar surface area (TPSA) is 58.5 Å². The molecule has 1 heterocycles. The molecule has 2 rings (SSSR count). The number of rotatable bonds is 8. The SMILES string of the molecule is CCNC(=NCc1nc(C(F)(F)F)cs1)NCCCOC1CCCC1.I. The predicted molar refractivity (Wildman–Crippen MR) is 108 cm³/mol. The smallest absolute Gasteiger partial charge is 0.378 e. The summed E-state index contributed by atoms with van der Waals surface area (Å²) in [6.07, 6.45) is 1.70. The van der Waals surface area contributed by atoms with Crippen molar-refractivity contribution in [3.05, 3.63) is 16.1 Å². The number of hydrogen-bond acceptors (Lipinski definition) is 4. The fourth-order valence-corrected chi connectivity index (χ4v) is 3.31. The van der Waals surface area contributed by atoms with E-state index in [4.69, 9.17) is 4.74 Å². The van der Waals surface area contributed by atoms with E-state index in [0.717, 1.165) is 36.0 Å². The molecule has 10 heteroatoms. The number of hydrogen-bond donors (Lipinski definition) is 2. The van der Waals surface area contributed by atoms with E-state index in [-0.39, 0.29) is 30.5 Å². The lowest BCUT2D eigenvalue weighted by Crippen LogP contribution is -2.38. The van der Waals surface area contributed by atoms with Gasteiger partial charge in [0.1, 0.15) is 5.01 Å². The van der Waals surface area contributed by atoms with Crippen LogP contribution in [0.3, 0.4) is 0 Å². The lowest BCUT2D eigenvalue weighted by molar-refractivity contribution is -0.140. The summed E-state index contributed by atoms with van der Waals surface area (Å²) in [7, 11) is 0. The highest BCUT2D eigenvalue weighted by Crippen LogP contribution is 2.30. The van der Waals surface area contributed by atoms with Gasteiger partial charge in [-0.05, 0) is 26.2 Å². The molecule has 1 aliphatic carbocycles. The number of nitrogens with one attached hydrogen (secondary N) is 2. The van der Waals surface area contributed by atoms with Crippen LogP contribution < -0.4 is 10.6 Å². The van der Waals surface area contributed by atoms with Crippen molar-refractivity contribution in [3.63, 3.8) is 0 Å². The highest BCUT2D eigenvalue weighted by molar-refractivity contribution is 14.0. The molecule has 1 aromatic heterocycles. The first-order chi connectivity index (χ1) is 12.0. The van der Waals surface area contributed by atoms with Crippen LogP contribution in [0.2, 0.25) is 0 Å². The number of ether oxygens (including phenoxy) is 1. The number of alkyl halides is 3. The summed E-state index contributed by atoms with van der Waals surface area (Å²) in [4.78, 5) is 7.87. The summed E-state index contributed by atoms with van der Waals surface area (Å²) in [6, 6.07) is 0. The molecule has 1 fully saturated rings. The van der Waals surface area contributed by atoms with Crippen LogP contribution in [0.1, 0.15) is 49.7 Å². The number of halogens is 4. The summed E-state index contributed by atoms with van der Waals surface area (Å²) in [5.74, 6) is 0.576. The Kier molecular flexibility index (Phi) is 10.8. The monoisotopic (exact) mass is 506 g/mol. The van der Waals surface area contributed by atoms with E-state index < -0.39 is 11.9 Å². The van der Waals surface area contributed by atoms with Crippen molar-refractivity contribution < 1.29 is 17.9 Å². The average molecular weight is 506 g/mol. The molecule has 0 bridgehead atoms. The summed E-state index contributed by atoms with van der Waals surface area (Å²) in [6.45, 7) is 4.14. The second-order valence-corrected chi connectivity index (χ2v) is 6.82. The number of guanidine groups is 1. The van der Waals surface area contributed by atoms with Crippen LogP contribution in [0, 0.1) is 0 Å². The van der Waals surface area contributed by atoms with Crippen LogP contribution >= 0.6 is 35.3 Å². The Hall–Kier alpha value is -0.620. The number of nitrogens with zero attached hydrogens (tertiary/aromatic N) is 2. The molecule has 0 radical (unpaired) electrons. The van der Waals surface area contributed by atoms with E-state index in [1.807, 2.05) is 6.92 Å². The third kappa shape index (κ3) is 8.38. The molecule has 2 N–H and O–H groups in total. The Morgan fingerprint density at radius 2 is 2.08 bits per heavy atom. The molecule has 1 saturated carbocycles. The molecule has 0 aromatic carbocycles. The highest BCUT2D eigenvalue weighted by Gasteiger charge is 2.33. The van der Waals surface area contributed by atoms with E-state index in [0.29, 0.717) is 36.8 Å². The Morgan fingerprint density at radius 1 is 1.35 bits per heavy atom. The summed E-state index contributed by atoms with van der Waals surface area (Å²) >= 11 is 0.969. The van der Waals surface area contributed by atoms with Crippen molar-refractivity contribution in [3.8, 4) is 0 Å². The van der Waals surface area contributed by atoms with Crippen LogP contribution in [0.5, 0.6) is 0 Å². The van der Waals surface area contributed by atoms with E-state index in [1.165, 1.54) is 12.8 Å². The van der Waals surface area contributed by atoms with Gasteiger partial charge in [-0.3, -0.25) is 0 Å². The van der Waals surface area contributed by atoms with Crippen molar-refractivity contribution in [2.45, 2.75) is 57.9 Å². The molecule has 150 valence electrons. The third-order valence-corrected chi connectivity index (χ3v) is 4.66. The minimum atomic E-state index is -4.40. The molecule has 26 heavy (non-hydrogen) atoms. The number of thiazole rings is 1. The first kappa shape index (κ1) is 23.4. The van der Waals surface area contributed by atoms with Gasteiger partial charge in [0.05, 0.1) is 12.6 Å². The highest BCUT2D eigenvalue weighted by atomic mass is 127. The second kappa shape index (κ2) is 12.0. The van der Waals surface area contributed by atoms with Gasteiger partial charge in [-0.15, -0.1) is 35.3 Å². The lowest BCUT2D eigenvalue weighted by atomic mass is 10.3. The van der Waals surface area contributed by atoms with Crippen LogP contribution in [0.25, 0.3) is 0 Å². The van der Waals surface area contributed by atoms with Gasteiger partial charge in [-0.25, -0.2) is 9.98 Å². The number of aromatic nitrogens is 1. The van der Waals surface area contributed by atoms with Crippen LogP contribution in [-0.4, -0.2) is 36.7 Å².